The van der Waals surface area contributed by atoms with E-state index in [-0.39, 0.29) is 13.0 Å². The van der Waals surface area contributed by atoms with E-state index in [1.807, 2.05) is 4.90 Å². The number of hydrogen-bond donors (Lipinski definition) is 0. The van der Waals surface area contributed by atoms with Crippen molar-refractivity contribution in [3.63, 3.8) is 0 Å². The fourth-order valence-corrected chi connectivity index (χ4v) is 2.79. The Morgan fingerprint density at radius 3 is 2.78 bits per heavy atom. The molecule has 0 bridgehead atoms. The Morgan fingerprint density at radius 2 is 2.22 bits per heavy atom. The van der Waals surface area contributed by atoms with Crippen LogP contribution in [0.25, 0.3) is 0 Å². The molecule has 3 nitrogen and oxygen atoms in total. The van der Waals surface area contributed by atoms with E-state index in [9.17, 15) is 13.2 Å². The molecule has 2 heterocycles. The van der Waals surface area contributed by atoms with E-state index in [0.717, 1.165) is 10.2 Å². The zero-order chi connectivity index (χ0) is 13.3. The minimum Gasteiger partial charge on any atom is -0.297 e. The highest BCUT2D eigenvalue weighted by molar-refractivity contribution is 9.10. The molecule has 1 atom stereocenters. The monoisotopic (exact) mass is 325 g/mol. The van der Waals surface area contributed by atoms with Crippen molar-refractivity contribution >= 4 is 15.9 Å². The lowest BCUT2D eigenvalue weighted by molar-refractivity contribution is -0.187. The summed E-state index contributed by atoms with van der Waals surface area (Å²) in [5.74, 6) is -1.20. The highest BCUT2D eigenvalue weighted by Crippen LogP contribution is 2.33. The third-order valence-corrected chi connectivity index (χ3v) is 3.86. The van der Waals surface area contributed by atoms with Gasteiger partial charge >= 0.3 is 6.18 Å². The van der Waals surface area contributed by atoms with Gasteiger partial charge in [0.2, 0.25) is 0 Å². The number of nitrogens with zero attached hydrogens (tertiary/aromatic N) is 3. The van der Waals surface area contributed by atoms with Gasteiger partial charge in [-0.3, -0.25) is 9.58 Å². The molecule has 1 aliphatic heterocycles. The largest absolute Gasteiger partial charge is 0.393 e. The molecule has 2 rings (SSSR count). The number of aryl methyl sites for hydroxylation is 1. The lowest BCUT2D eigenvalue weighted by Gasteiger charge is -2.33. The van der Waals surface area contributed by atoms with Crippen LogP contribution in [0.3, 0.4) is 0 Å². The summed E-state index contributed by atoms with van der Waals surface area (Å²) in [6, 6.07) is 0. The van der Waals surface area contributed by atoms with E-state index in [2.05, 4.69) is 21.0 Å². The summed E-state index contributed by atoms with van der Waals surface area (Å²) in [5, 5.41) is 4.24. The van der Waals surface area contributed by atoms with Gasteiger partial charge < -0.3 is 0 Å². The Kier molecular flexibility index (Phi) is 4.01. The number of rotatable bonds is 2. The van der Waals surface area contributed by atoms with Crippen molar-refractivity contribution in [2.24, 2.45) is 13.0 Å². The van der Waals surface area contributed by atoms with Gasteiger partial charge in [0.15, 0.2) is 0 Å². The van der Waals surface area contributed by atoms with Crippen molar-refractivity contribution in [3.05, 3.63) is 16.4 Å². The van der Waals surface area contributed by atoms with Gasteiger partial charge in [0, 0.05) is 26.3 Å². The first kappa shape index (κ1) is 13.9. The Labute approximate surface area is 112 Å². The number of aromatic nitrogens is 2. The summed E-state index contributed by atoms with van der Waals surface area (Å²) < 4.78 is 40.5. The standard InChI is InChI=1S/C11H15BrF3N3/c1-17-6-9(12)10(16-17)7-18-4-2-3-8(5-18)11(13,14)15/h6,8H,2-5,7H2,1H3. The molecule has 0 saturated carbocycles. The van der Waals surface area contributed by atoms with Gasteiger partial charge in [0.25, 0.3) is 0 Å². The first-order valence-corrected chi connectivity index (χ1v) is 6.62. The molecule has 0 aromatic carbocycles. The maximum atomic E-state index is 12.7. The Morgan fingerprint density at radius 1 is 1.50 bits per heavy atom. The molecule has 7 heteroatoms. The van der Waals surface area contributed by atoms with Crippen LogP contribution in [-0.4, -0.2) is 33.9 Å². The van der Waals surface area contributed by atoms with Crippen LogP contribution >= 0.6 is 15.9 Å². The molecule has 0 aliphatic carbocycles. The minimum absolute atomic E-state index is 0.0759. The highest BCUT2D eigenvalue weighted by atomic mass is 79.9. The fraction of sp³-hybridized carbons (Fsp3) is 0.727. The molecule has 1 aromatic rings. The third-order valence-electron chi connectivity index (χ3n) is 3.20. The maximum absolute atomic E-state index is 12.7. The van der Waals surface area contributed by atoms with Crippen molar-refractivity contribution in [3.8, 4) is 0 Å². The molecule has 1 saturated heterocycles. The van der Waals surface area contributed by atoms with Gasteiger partial charge in [0.05, 0.1) is 16.1 Å². The van der Waals surface area contributed by atoms with Gasteiger partial charge in [0.1, 0.15) is 0 Å². The molecule has 1 aromatic heterocycles. The van der Waals surface area contributed by atoms with Crippen LogP contribution in [0.4, 0.5) is 13.2 Å². The third kappa shape index (κ3) is 3.26. The van der Waals surface area contributed by atoms with E-state index < -0.39 is 12.1 Å². The van der Waals surface area contributed by atoms with Crippen molar-refractivity contribution in [2.75, 3.05) is 13.1 Å². The lowest BCUT2D eigenvalue weighted by Crippen LogP contribution is -2.41. The zero-order valence-corrected chi connectivity index (χ0v) is 11.6. The molecule has 0 amide bonds. The highest BCUT2D eigenvalue weighted by Gasteiger charge is 2.41. The second-order valence-corrected chi connectivity index (χ2v) is 5.57. The summed E-state index contributed by atoms with van der Waals surface area (Å²) in [7, 11) is 1.79. The van der Waals surface area contributed by atoms with Crippen molar-refractivity contribution in [1.82, 2.24) is 14.7 Å². The topological polar surface area (TPSA) is 21.1 Å². The number of piperidine rings is 1. The second kappa shape index (κ2) is 5.21. The number of hydrogen-bond acceptors (Lipinski definition) is 2. The van der Waals surface area contributed by atoms with Crippen LogP contribution in [0.2, 0.25) is 0 Å². The molecule has 1 aliphatic rings. The van der Waals surface area contributed by atoms with Crippen molar-refractivity contribution < 1.29 is 13.2 Å². The first-order chi connectivity index (χ1) is 8.36. The Hall–Kier alpha value is -0.560. The molecule has 0 radical (unpaired) electrons. The van der Waals surface area contributed by atoms with E-state index >= 15 is 0 Å². The van der Waals surface area contributed by atoms with Gasteiger partial charge in [-0.05, 0) is 35.3 Å². The second-order valence-electron chi connectivity index (χ2n) is 4.71. The molecule has 18 heavy (non-hydrogen) atoms. The predicted molar refractivity (Wildman–Crippen MR) is 65.0 cm³/mol. The van der Waals surface area contributed by atoms with Gasteiger partial charge in [-0.2, -0.15) is 18.3 Å². The summed E-state index contributed by atoms with van der Waals surface area (Å²) >= 11 is 3.37. The zero-order valence-electron chi connectivity index (χ0n) is 10.0. The van der Waals surface area contributed by atoms with Crippen LogP contribution in [-0.2, 0) is 13.6 Å². The average molecular weight is 326 g/mol. The smallest absolute Gasteiger partial charge is 0.297 e. The van der Waals surface area contributed by atoms with Crippen LogP contribution < -0.4 is 0 Å². The van der Waals surface area contributed by atoms with Gasteiger partial charge in [-0.1, -0.05) is 0 Å². The van der Waals surface area contributed by atoms with E-state index in [0.29, 0.717) is 19.5 Å². The van der Waals surface area contributed by atoms with Crippen LogP contribution in [0.5, 0.6) is 0 Å². The Balaban J connectivity index is 2.00. The molecule has 102 valence electrons. The number of alkyl halides is 3. The summed E-state index contributed by atoms with van der Waals surface area (Å²) in [6.45, 7) is 1.25. The molecule has 1 fully saturated rings. The summed E-state index contributed by atoms with van der Waals surface area (Å²) in [5.41, 5.74) is 0.792. The summed E-state index contributed by atoms with van der Waals surface area (Å²) in [6.07, 6.45) is -1.45. The van der Waals surface area contributed by atoms with Crippen molar-refractivity contribution in [1.29, 1.82) is 0 Å². The fourth-order valence-electron chi connectivity index (χ4n) is 2.29. The summed E-state index contributed by atoms with van der Waals surface area (Å²) in [4.78, 5) is 1.83. The SMILES string of the molecule is Cn1cc(Br)c(CN2CCCC(C(F)(F)F)C2)n1. The van der Waals surface area contributed by atoms with E-state index in [1.165, 1.54) is 0 Å². The van der Waals surface area contributed by atoms with Gasteiger partial charge in [-0.25, -0.2) is 0 Å². The quantitative estimate of drug-likeness (QED) is 0.833. The lowest BCUT2D eigenvalue weighted by atomic mass is 9.97. The molecule has 1 unspecified atom stereocenters. The van der Waals surface area contributed by atoms with Crippen LogP contribution in [0.15, 0.2) is 10.7 Å². The van der Waals surface area contributed by atoms with E-state index in [4.69, 9.17) is 0 Å². The van der Waals surface area contributed by atoms with Gasteiger partial charge in [-0.15, -0.1) is 0 Å². The average Bonchev–Trinajstić information content (AvgIpc) is 2.56. The molecule has 0 N–H and O–H groups in total. The predicted octanol–water partition coefficient (Wildman–Crippen LogP) is 2.96. The maximum Gasteiger partial charge on any atom is 0.393 e. The normalized spacial score (nSPS) is 22.4. The van der Waals surface area contributed by atoms with Crippen molar-refractivity contribution in [2.45, 2.75) is 25.6 Å². The van der Waals surface area contributed by atoms with E-state index in [1.54, 1.807) is 17.9 Å². The molecule has 0 spiro atoms. The minimum atomic E-state index is -4.08. The molecular weight excluding hydrogens is 311 g/mol. The number of likely N-dealkylation sites (tertiary alicyclic amines) is 1. The first-order valence-electron chi connectivity index (χ1n) is 5.83. The van der Waals surface area contributed by atoms with Crippen LogP contribution in [0.1, 0.15) is 18.5 Å². The Bertz CT molecular complexity index is 416. The van der Waals surface area contributed by atoms with Crippen LogP contribution in [0, 0.1) is 5.92 Å². The number of halogens is 4. The molecular formula is C11H15BrF3N3.